The maximum atomic E-state index is 13.1. The number of rotatable bonds is 5. The Bertz CT molecular complexity index is 1210. The molecule has 8 heteroatoms. The number of urea groups is 1. The van der Waals surface area contributed by atoms with Gasteiger partial charge in [0.1, 0.15) is 17.8 Å². The van der Waals surface area contributed by atoms with Crippen LogP contribution in [0.5, 0.6) is 5.75 Å². The van der Waals surface area contributed by atoms with Crippen LogP contribution in [0.2, 0.25) is 5.02 Å². The first kappa shape index (κ1) is 20.7. The summed E-state index contributed by atoms with van der Waals surface area (Å²) in [7, 11) is 1.60. The highest BCUT2D eigenvalue weighted by molar-refractivity contribution is 6.30. The molecule has 0 bridgehead atoms. The van der Waals surface area contributed by atoms with Gasteiger partial charge in [0, 0.05) is 10.7 Å². The van der Waals surface area contributed by atoms with E-state index in [-0.39, 0.29) is 0 Å². The summed E-state index contributed by atoms with van der Waals surface area (Å²) in [6, 6.07) is 17.1. The van der Waals surface area contributed by atoms with Crippen LogP contribution in [-0.4, -0.2) is 36.4 Å². The lowest BCUT2D eigenvalue weighted by Gasteiger charge is -2.22. The maximum Gasteiger partial charge on any atom is 0.325 e. The maximum absolute atomic E-state index is 13.1. The quantitative estimate of drug-likeness (QED) is 0.592. The van der Waals surface area contributed by atoms with Gasteiger partial charge in [0.15, 0.2) is 0 Å². The molecule has 0 aromatic heterocycles. The summed E-state index contributed by atoms with van der Waals surface area (Å²) in [5.74, 6) is -0.263. The second kappa shape index (κ2) is 7.92. The van der Waals surface area contributed by atoms with Gasteiger partial charge < -0.3 is 15.4 Å². The molecule has 158 valence electrons. The van der Waals surface area contributed by atoms with Crippen molar-refractivity contribution in [1.29, 1.82) is 0 Å². The molecule has 1 aliphatic heterocycles. The molecule has 0 radical (unpaired) electrons. The molecule has 0 saturated carbocycles. The third kappa shape index (κ3) is 3.92. The number of imide groups is 1. The molecule has 1 saturated heterocycles. The van der Waals surface area contributed by atoms with Gasteiger partial charge in [0.05, 0.1) is 7.11 Å². The number of carbonyl (C=O) groups excluding carboxylic acids is 3. The molecule has 4 rings (SSSR count). The van der Waals surface area contributed by atoms with Gasteiger partial charge in [-0.1, -0.05) is 35.9 Å². The number of methoxy groups -OCH3 is 1. The lowest BCUT2D eigenvalue weighted by molar-refractivity contribution is -0.133. The van der Waals surface area contributed by atoms with Crippen molar-refractivity contribution in [2.45, 2.75) is 12.5 Å². The van der Waals surface area contributed by atoms with Crippen molar-refractivity contribution < 1.29 is 19.1 Å². The average Bonchev–Trinajstić information content (AvgIpc) is 2.96. The van der Waals surface area contributed by atoms with Crippen molar-refractivity contribution >= 4 is 45.9 Å². The summed E-state index contributed by atoms with van der Waals surface area (Å²) in [6.07, 6.45) is 0. The fraction of sp³-hybridized carbons (Fsp3) is 0.174. The first-order valence-electron chi connectivity index (χ1n) is 9.58. The van der Waals surface area contributed by atoms with Crippen molar-refractivity contribution in [2.75, 3.05) is 19.0 Å². The van der Waals surface area contributed by atoms with Crippen LogP contribution < -0.4 is 15.4 Å². The number of ether oxygens (including phenoxy) is 1. The van der Waals surface area contributed by atoms with E-state index in [0.717, 1.165) is 21.4 Å². The highest BCUT2D eigenvalue weighted by atomic mass is 35.5. The molecular formula is C23H20ClN3O4. The fourth-order valence-electron chi connectivity index (χ4n) is 3.61. The molecule has 0 spiro atoms. The van der Waals surface area contributed by atoms with E-state index in [1.807, 2.05) is 30.3 Å². The lowest BCUT2D eigenvalue weighted by atomic mass is 9.90. The molecule has 31 heavy (non-hydrogen) atoms. The van der Waals surface area contributed by atoms with Crippen LogP contribution in [0, 0.1) is 0 Å². The summed E-state index contributed by atoms with van der Waals surface area (Å²) in [6.45, 7) is 1.23. The molecule has 2 N–H and O–H groups in total. The highest BCUT2D eigenvalue weighted by Gasteiger charge is 2.49. The van der Waals surface area contributed by atoms with Crippen molar-refractivity contribution in [3.05, 3.63) is 71.2 Å². The van der Waals surface area contributed by atoms with Crippen LogP contribution in [0.15, 0.2) is 60.7 Å². The molecule has 1 aliphatic rings. The third-order valence-corrected chi connectivity index (χ3v) is 5.54. The van der Waals surface area contributed by atoms with E-state index in [1.165, 1.54) is 0 Å². The number of anilines is 1. The number of nitrogens with zero attached hydrogens (tertiary/aromatic N) is 1. The number of carbonyl (C=O) groups is 3. The molecule has 0 unspecified atom stereocenters. The topological polar surface area (TPSA) is 87.7 Å². The van der Waals surface area contributed by atoms with Gasteiger partial charge in [-0.15, -0.1) is 0 Å². The second-order valence-electron chi connectivity index (χ2n) is 7.43. The Morgan fingerprint density at radius 3 is 2.58 bits per heavy atom. The molecule has 7 nitrogen and oxygen atoms in total. The van der Waals surface area contributed by atoms with Gasteiger partial charge in [-0.3, -0.25) is 14.5 Å². The Kier molecular flexibility index (Phi) is 5.29. The highest BCUT2D eigenvalue weighted by Crippen LogP contribution is 2.32. The Morgan fingerprint density at radius 1 is 1.10 bits per heavy atom. The van der Waals surface area contributed by atoms with Crippen LogP contribution >= 0.6 is 11.6 Å². The molecule has 0 aliphatic carbocycles. The standard InChI is InChI=1S/C23H20ClN3O4/c1-23(16-8-6-15-11-19(31-2)9-7-14(15)10-16)21(29)27(22(30)26-23)13-20(28)25-18-5-3-4-17(24)12-18/h3-12H,13H2,1-2H3,(H,25,28)(H,26,30)/t23-/m1/s1. The third-order valence-electron chi connectivity index (χ3n) is 5.31. The largest absolute Gasteiger partial charge is 0.497 e. The first-order valence-corrected chi connectivity index (χ1v) is 9.96. The van der Waals surface area contributed by atoms with Gasteiger partial charge in [0.25, 0.3) is 5.91 Å². The van der Waals surface area contributed by atoms with Gasteiger partial charge in [-0.25, -0.2) is 4.79 Å². The Labute approximate surface area is 183 Å². The summed E-state index contributed by atoms with van der Waals surface area (Å²) in [5, 5.41) is 7.68. The van der Waals surface area contributed by atoms with E-state index in [1.54, 1.807) is 44.4 Å². The van der Waals surface area contributed by atoms with Gasteiger partial charge in [-0.2, -0.15) is 0 Å². The van der Waals surface area contributed by atoms with Gasteiger partial charge in [-0.05, 0) is 59.7 Å². The number of nitrogens with one attached hydrogen (secondary N) is 2. The first-order chi connectivity index (χ1) is 14.8. The fourth-order valence-corrected chi connectivity index (χ4v) is 3.80. The minimum atomic E-state index is -1.28. The Balaban J connectivity index is 1.55. The summed E-state index contributed by atoms with van der Waals surface area (Å²) >= 11 is 5.92. The average molecular weight is 438 g/mol. The van der Waals surface area contributed by atoms with Crippen molar-refractivity contribution in [3.8, 4) is 5.75 Å². The SMILES string of the molecule is COc1ccc2cc([C@@]3(C)NC(=O)N(CC(=O)Nc4cccc(Cl)c4)C3=O)ccc2c1. The number of benzene rings is 3. The summed E-state index contributed by atoms with van der Waals surface area (Å²) < 4.78 is 5.24. The van der Waals surface area contributed by atoms with E-state index in [2.05, 4.69) is 10.6 Å². The number of hydrogen-bond donors (Lipinski definition) is 2. The number of amides is 4. The molecule has 3 aromatic carbocycles. The molecule has 1 atom stereocenters. The minimum Gasteiger partial charge on any atom is -0.497 e. The molecule has 3 aromatic rings. The van der Waals surface area contributed by atoms with Crippen LogP contribution in [0.3, 0.4) is 0 Å². The Morgan fingerprint density at radius 2 is 1.84 bits per heavy atom. The zero-order chi connectivity index (χ0) is 22.2. The van der Waals surface area contributed by atoms with Crippen molar-refractivity contribution in [2.24, 2.45) is 0 Å². The zero-order valence-electron chi connectivity index (χ0n) is 16.9. The van der Waals surface area contributed by atoms with E-state index in [0.29, 0.717) is 16.3 Å². The molecular weight excluding hydrogens is 418 g/mol. The summed E-state index contributed by atoms with van der Waals surface area (Å²) in [5.41, 5.74) is -0.166. The number of hydrogen-bond acceptors (Lipinski definition) is 4. The molecule has 1 fully saturated rings. The molecule has 1 heterocycles. The minimum absolute atomic E-state index is 0.405. The second-order valence-corrected chi connectivity index (χ2v) is 7.87. The van der Waals surface area contributed by atoms with Gasteiger partial charge in [0.2, 0.25) is 5.91 Å². The van der Waals surface area contributed by atoms with E-state index < -0.39 is 29.9 Å². The van der Waals surface area contributed by atoms with Crippen LogP contribution in [0.25, 0.3) is 10.8 Å². The van der Waals surface area contributed by atoms with Crippen LogP contribution in [0.1, 0.15) is 12.5 Å². The number of halogens is 1. The van der Waals surface area contributed by atoms with E-state index in [9.17, 15) is 14.4 Å². The summed E-state index contributed by atoms with van der Waals surface area (Å²) in [4.78, 5) is 39.0. The van der Waals surface area contributed by atoms with Crippen molar-refractivity contribution in [1.82, 2.24) is 10.2 Å². The predicted octanol–water partition coefficient (Wildman–Crippen LogP) is 3.91. The van der Waals surface area contributed by atoms with Crippen LogP contribution in [-0.2, 0) is 15.1 Å². The predicted molar refractivity (Wildman–Crippen MR) is 118 cm³/mol. The van der Waals surface area contributed by atoms with Crippen molar-refractivity contribution in [3.63, 3.8) is 0 Å². The van der Waals surface area contributed by atoms with E-state index in [4.69, 9.17) is 16.3 Å². The van der Waals surface area contributed by atoms with Crippen LogP contribution in [0.4, 0.5) is 10.5 Å². The van der Waals surface area contributed by atoms with E-state index >= 15 is 0 Å². The zero-order valence-corrected chi connectivity index (χ0v) is 17.7. The normalized spacial score (nSPS) is 18.2. The smallest absolute Gasteiger partial charge is 0.325 e. The molecule has 4 amide bonds. The Hall–Kier alpha value is -3.58. The monoisotopic (exact) mass is 437 g/mol. The lowest BCUT2D eigenvalue weighted by Crippen LogP contribution is -2.42. The number of fused-ring (bicyclic) bond motifs is 1. The van der Waals surface area contributed by atoms with Gasteiger partial charge >= 0.3 is 6.03 Å².